The number of halogens is 2. The van der Waals surface area contributed by atoms with Crippen LogP contribution in [0.4, 0.5) is 5.69 Å². The topological polar surface area (TPSA) is 51.0 Å². The van der Waals surface area contributed by atoms with E-state index in [-0.39, 0.29) is 5.91 Å². The summed E-state index contributed by atoms with van der Waals surface area (Å²) in [6.45, 7) is 2.71. The summed E-state index contributed by atoms with van der Waals surface area (Å²) in [4.78, 5) is 16.1. The van der Waals surface area contributed by atoms with E-state index in [1.807, 2.05) is 15.6 Å². The van der Waals surface area contributed by atoms with Crippen LogP contribution in [0.3, 0.4) is 0 Å². The Hall–Kier alpha value is -4.07. The highest BCUT2D eigenvalue weighted by molar-refractivity contribution is 9.10. The molecule has 2 heterocycles. The van der Waals surface area contributed by atoms with Gasteiger partial charge in [0.05, 0.1) is 17.9 Å². The number of carbonyl (C=O) groups is 1. The van der Waals surface area contributed by atoms with E-state index in [2.05, 4.69) is 124 Å². The van der Waals surface area contributed by atoms with Crippen LogP contribution in [0.2, 0.25) is 0 Å². The molecule has 7 aromatic rings. The van der Waals surface area contributed by atoms with Crippen molar-refractivity contribution < 1.29 is 4.79 Å². The molecular weight excluding hydrogens is 748 g/mol. The minimum absolute atomic E-state index is 0.140. The van der Waals surface area contributed by atoms with Gasteiger partial charge in [0.2, 0.25) is 5.91 Å². The highest BCUT2D eigenvalue weighted by Gasteiger charge is 2.30. The molecule has 50 heavy (non-hydrogen) atoms. The lowest BCUT2D eigenvalue weighted by atomic mass is 9.93. The van der Waals surface area contributed by atoms with Crippen LogP contribution < -0.4 is 4.90 Å². The molecule has 6 aromatic carbocycles. The van der Waals surface area contributed by atoms with Crippen LogP contribution in [-0.4, -0.2) is 20.9 Å². The highest BCUT2D eigenvalue weighted by atomic mass is 79.9. The predicted molar refractivity (Wildman–Crippen MR) is 214 cm³/mol. The molecule has 8 rings (SSSR count). The Morgan fingerprint density at radius 3 is 2.08 bits per heavy atom. The molecule has 5 nitrogen and oxygen atoms in total. The molecule has 252 valence electrons. The fraction of sp³-hybridized carbons (Fsp3) is 0.279. The van der Waals surface area contributed by atoms with Crippen LogP contribution in [0.5, 0.6) is 0 Å². The standard InChI is InChI=1S/C43H40Br2N4O/c1-2-3-4-5-6-7-8-9-10-14-39(50)48-27-31-25-32(44)19-22-34(31)43-42(36-23-20-33(45)26-38(36)48)46-47-49(43)37-24-18-30-16-15-28-12-11-13-29-17-21-35(37)41(30)40(28)29/h11-13,15-26H,2-10,14,27H2,1H3. The van der Waals surface area contributed by atoms with E-state index in [1.165, 1.54) is 71.9 Å². The van der Waals surface area contributed by atoms with Crippen molar-refractivity contribution in [2.45, 2.75) is 77.7 Å². The van der Waals surface area contributed by atoms with E-state index in [4.69, 9.17) is 10.3 Å². The second-order valence-corrected chi connectivity index (χ2v) is 15.5. The van der Waals surface area contributed by atoms with Crippen molar-refractivity contribution in [2.75, 3.05) is 4.90 Å². The van der Waals surface area contributed by atoms with Crippen LogP contribution in [-0.2, 0) is 11.3 Å². The smallest absolute Gasteiger partial charge is 0.227 e. The molecule has 0 unspecified atom stereocenters. The minimum Gasteiger partial charge on any atom is -0.307 e. The number of anilines is 1. The quantitative estimate of drug-likeness (QED) is 0.0969. The Morgan fingerprint density at radius 2 is 1.32 bits per heavy atom. The molecule has 1 aliphatic heterocycles. The zero-order valence-electron chi connectivity index (χ0n) is 28.4. The Kier molecular flexibility index (Phi) is 9.45. The minimum atomic E-state index is 0.140. The maximum atomic E-state index is 14.1. The first-order valence-electron chi connectivity index (χ1n) is 18.0. The fourth-order valence-corrected chi connectivity index (χ4v) is 8.59. The van der Waals surface area contributed by atoms with Gasteiger partial charge in [0, 0.05) is 31.9 Å². The SMILES string of the molecule is CCCCCCCCCCCC(=O)N1Cc2cc(Br)ccc2-c2c(nnn2-c2ccc3ccc4cccc5ccc2c3c45)-c2ccc(Br)cc21. The third-order valence-electron chi connectivity index (χ3n) is 10.4. The second kappa shape index (κ2) is 14.3. The maximum Gasteiger partial charge on any atom is 0.227 e. The number of benzene rings is 6. The van der Waals surface area contributed by atoms with Gasteiger partial charge in [-0.1, -0.05) is 150 Å². The van der Waals surface area contributed by atoms with Crippen molar-refractivity contribution >= 4 is 75.8 Å². The number of unbranched alkanes of at least 4 members (excludes halogenated alkanes) is 8. The van der Waals surface area contributed by atoms with Crippen LogP contribution in [0.25, 0.3) is 60.5 Å². The Bertz CT molecular complexity index is 2330. The number of rotatable bonds is 11. The zero-order chi connectivity index (χ0) is 34.2. The lowest BCUT2D eigenvalue weighted by molar-refractivity contribution is -0.118. The number of nitrogens with zero attached hydrogens (tertiary/aromatic N) is 4. The van der Waals surface area contributed by atoms with Crippen LogP contribution >= 0.6 is 31.9 Å². The van der Waals surface area contributed by atoms with Gasteiger partial charge < -0.3 is 4.90 Å². The summed E-state index contributed by atoms with van der Waals surface area (Å²) in [7, 11) is 0. The molecule has 0 aliphatic carbocycles. The van der Waals surface area contributed by atoms with Crippen molar-refractivity contribution in [1.82, 2.24) is 15.0 Å². The summed E-state index contributed by atoms with van der Waals surface area (Å²) in [6, 6.07) is 32.2. The fourth-order valence-electron chi connectivity index (χ4n) is 7.83. The van der Waals surface area contributed by atoms with E-state index >= 15 is 0 Å². The van der Waals surface area contributed by atoms with Crippen molar-refractivity contribution in [1.29, 1.82) is 0 Å². The second-order valence-electron chi connectivity index (χ2n) is 13.7. The first-order valence-corrected chi connectivity index (χ1v) is 19.6. The van der Waals surface area contributed by atoms with Gasteiger partial charge in [-0.05, 0) is 75.3 Å². The van der Waals surface area contributed by atoms with Gasteiger partial charge in [0.1, 0.15) is 11.4 Å². The molecule has 1 aliphatic rings. The maximum absolute atomic E-state index is 14.1. The van der Waals surface area contributed by atoms with Gasteiger partial charge in [-0.25, -0.2) is 4.68 Å². The number of amides is 1. The molecule has 0 spiro atoms. The average molecular weight is 789 g/mol. The van der Waals surface area contributed by atoms with E-state index in [0.29, 0.717) is 13.0 Å². The number of carbonyl (C=O) groups excluding carboxylic acids is 1. The van der Waals surface area contributed by atoms with Gasteiger partial charge in [-0.3, -0.25) is 4.79 Å². The van der Waals surface area contributed by atoms with Crippen molar-refractivity contribution in [3.63, 3.8) is 0 Å². The summed E-state index contributed by atoms with van der Waals surface area (Å²) in [5, 5.41) is 17.1. The van der Waals surface area contributed by atoms with Gasteiger partial charge in [0.25, 0.3) is 0 Å². The Labute approximate surface area is 310 Å². The van der Waals surface area contributed by atoms with Gasteiger partial charge in [-0.2, -0.15) is 0 Å². The molecule has 0 atom stereocenters. The third kappa shape index (κ3) is 6.13. The van der Waals surface area contributed by atoms with Gasteiger partial charge in [-0.15, -0.1) is 5.10 Å². The summed E-state index contributed by atoms with van der Waals surface area (Å²) in [5.41, 5.74) is 6.51. The average Bonchev–Trinajstić information content (AvgIpc) is 3.55. The van der Waals surface area contributed by atoms with Gasteiger partial charge in [0.15, 0.2) is 0 Å². The van der Waals surface area contributed by atoms with E-state index < -0.39 is 0 Å². The zero-order valence-corrected chi connectivity index (χ0v) is 31.6. The summed E-state index contributed by atoms with van der Waals surface area (Å²) < 4.78 is 3.91. The molecule has 7 heteroatoms. The van der Waals surface area contributed by atoms with Crippen molar-refractivity contribution in [3.8, 4) is 28.2 Å². The lowest BCUT2D eigenvalue weighted by Crippen LogP contribution is -2.31. The van der Waals surface area contributed by atoms with E-state index in [9.17, 15) is 4.79 Å². The monoisotopic (exact) mass is 786 g/mol. The molecule has 0 saturated heterocycles. The molecule has 0 saturated carbocycles. The summed E-state index contributed by atoms with van der Waals surface area (Å²) >= 11 is 7.45. The van der Waals surface area contributed by atoms with Crippen molar-refractivity contribution in [2.24, 2.45) is 0 Å². The first kappa shape index (κ1) is 33.1. The van der Waals surface area contributed by atoms with E-state index in [0.717, 1.165) is 66.6 Å². The molecule has 1 amide bonds. The Balaban J connectivity index is 1.20. The molecule has 0 bridgehead atoms. The van der Waals surface area contributed by atoms with Crippen LogP contribution in [0, 0.1) is 0 Å². The lowest BCUT2D eigenvalue weighted by Gasteiger charge is -2.29. The summed E-state index contributed by atoms with van der Waals surface area (Å²) in [6.07, 6.45) is 11.5. The normalized spacial score (nSPS) is 12.7. The number of fused-ring (bicyclic) bond motifs is 5. The van der Waals surface area contributed by atoms with E-state index in [1.54, 1.807) is 0 Å². The predicted octanol–water partition coefficient (Wildman–Crippen LogP) is 12.8. The van der Waals surface area contributed by atoms with Crippen LogP contribution in [0.15, 0.2) is 99.9 Å². The summed E-state index contributed by atoms with van der Waals surface area (Å²) in [5.74, 6) is 0.140. The first-order chi connectivity index (χ1) is 24.5. The molecule has 1 aromatic heterocycles. The molecule has 0 fully saturated rings. The molecule has 0 N–H and O–H groups in total. The largest absolute Gasteiger partial charge is 0.307 e. The van der Waals surface area contributed by atoms with Crippen molar-refractivity contribution in [3.05, 3.63) is 106 Å². The van der Waals surface area contributed by atoms with Gasteiger partial charge >= 0.3 is 0 Å². The third-order valence-corrected chi connectivity index (χ3v) is 11.3. The number of hydrogen-bond acceptors (Lipinski definition) is 3. The number of aromatic nitrogens is 3. The molecular formula is C43H40Br2N4O. The highest BCUT2D eigenvalue weighted by Crippen LogP contribution is 2.45. The molecule has 0 radical (unpaired) electrons. The van der Waals surface area contributed by atoms with Crippen LogP contribution in [0.1, 0.15) is 76.7 Å². The number of hydrogen-bond donors (Lipinski definition) is 0. The Morgan fingerprint density at radius 1 is 0.680 bits per heavy atom.